The van der Waals surface area contributed by atoms with E-state index in [1.807, 2.05) is 52.0 Å². The Labute approximate surface area is 145 Å². The van der Waals surface area contributed by atoms with E-state index in [-0.39, 0.29) is 0 Å². The molecule has 24 heavy (non-hydrogen) atoms. The second-order valence-corrected chi connectivity index (χ2v) is 6.66. The predicted octanol–water partition coefficient (Wildman–Crippen LogP) is 4.58. The summed E-state index contributed by atoms with van der Waals surface area (Å²) in [6, 6.07) is 9.47. The van der Waals surface area contributed by atoms with Gasteiger partial charge < -0.3 is 5.32 Å². The Morgan fingerprint density at radius 1 is 0.792 bits per heavy atom. The highest BCUT2D eigenvalue weighted by atomic mass is 35.5. The number of rotatable bonds is 3. The van der Waals surface area contributed by atoms with Gasteiger partial charge in [0.15, 0.2) is 0 Å². The average Bonchev–Trinajstić information content (AvgIpc) is 2.54. The van der Waals surface area contributed by atoms with E-state index in [0.29, 0.717) is 22.0 Å². The number of nitrogens with one attached hydrogen (secondary N) is 1. The third-order valence-electron chi connectivity index (χ3n) is 4.46. The van der Waals surface area contributed by atoms with Crippen LogP contribution in [0.5, 0.6) is 0 Å². The zero-order chi connectivity index (χ0) is 17.6. The molecule has 0 amide bonds. The Kier molecular flexibility index (Phi) is 4.06. The van der Waals surface area contributed by atoms with Gasteiger partial charge in [-0.1, -0.05) is 29.8 Å². The van der Waals surface area contributed by atoms with Crippen LogP contribution in [0.4, 0.5) is 11.4 Å². The van der Waals surface area contributed by atoms with Gasteiger partial charge in [-0.15, -0.1) is 0 Å². The van der Waals surface area contributed by atoms with Crippen LogP contribution in [-0.4, -0.2) is 0 Å². The second-order valence-electron chi connectivity index (χ2n) is 6.25. The third-order valence-corrected chi connectivity index (χ3v) is 4.87. The molecule has 3 aromatic rings. The Morgan fingerprint density at radius 2 is 1.46 bits per heavy atom. The molecule has 122 valence electrons. The van der Waals surface area contributed by atoms with E-state index in [2.05, 4.69) is 5.32 Å². The minimum Gasteiger partial charge on any atom is -0.352 e. The van der Waals surface area contributed by atoms with Crippen molar-refractivity contribution in [3.63, 3.8) is 0 Å². The maximum Gasteiger partial charge on any atom is 0.250 e. The molecule has 0 unspecified atom stereocenters. The number of anilines is 2. The maximum absolute atomic E-state index is 12.2. The van der Waals surface area contributed by atoms with Crippen LogP contribution in [0.1, 0.15) is 22.3 Å². The lowest BCUT2D eigenvalue weighted by atomic mass is 9.91. The van der Waals surface area contributed by atoms with Gasteiger partial charge in [0.1, 0.15) is 5.69 Å². The van der Waals surface area contributed by atoms with Gasteiger partial charge in [-0.2, -0.15) is 0 Å². The van der Waals surface area contributed by atoms with Gasteiger partial charge in [-0.05, 0) is 67.6 Å². The van der Waals surface area contributed by atoms with Gasteiger partial charge in [0.05, 0.1) is 5.56 Å². The molecule has 0 aromatic heterocycles. The van der Waals surface area contributed by atoms with E-state index >= 15 is 0 Å². The standard InChI is InChI=1S/C20H18ClNO2/c1-10-5-6-14(9-16(10)21)22-18-17(19(23)20(18)24)15-8-12(3)11(2)7-13(15)4/h5-9,22H,1-4H3. The van der Waals surface area contributed by atoms with Crippen LogP contribution < -0.4 is 16.2 Å². The van der Waals surface area contributed by atoms with Crippen LogP contribution in [0.2, 0.25) is 5.02 Å². The summed E-state index contributed by atoms with van der Waals surface area (Å²) in [4.78, 5) is 24.2. The molecule has 0 atom stereocenters. The minimum absolute atomic E-state index is 0.339. The summed E-state index contributed by atoms with van der Waals surface area (Å²) in [6.07, 6.45) is 0. The fourth-order valence-corrected chi connectivity index (χ4v) is 2.99. The molecule has 0 spiro atoms. The molecular formula is C20H18ClNO2. The van der Waals surface area contributed by atoms with Gasteiger partial charge in [-0.25, -0.2) is 0 Å². The molecule has 0 fully saturated rings. The van der Waals surface area contributed by atoms with Gasteiger partial charge in [0.25, 0.3) is 5.43 Å². The van der Waals surface area contributed by atoms with Gasteiger partial charge in [0, 0.05) is 10.7 Å². The first kappa shape index (κ1) is 16.5. The topological polar surface area (TPSA) is 46.2 Å². The molecule has 4 heteroatoms. The van der Waals surface area contributed by atoms with Crippen molar-refractivity contribution in [2.24, 2.45) is 0 Å². The van der Waals surface area contributed by atoms with Crippen molar-refractivity contribution >= 4 is 23.0 Å². The van der Waals surface area contributed by atoms with Gasteiger partial charge >= 0.3 is 0 Å². The van der Waals surface area contributed by atoms with Gasteiger partial charge in [-0.3, -0.25) is 9.59 Å². The number of hydrogen-bond donors (Lipinski definition) is 1. The number of hydrogen-bond acceptors (Lipinski definition) is 3. The molecule has 0 heterocycles. The SMILES string of the molecule is Cc1cc(C)c(-c2c(Nc3ccc(C)c(Cl)c3)c(=O)c2=O)cc1C. The molecule has 3 aromatic carbocycles. The fraction of sp³-hybridized carbons (Fsp3) is 0.200. The molecule has 0 radical (unpaired) electrons. The second kappa shape index (κ2) is 5.91. The Morgan fingerprint density at radius 3 is 2.12 bits per heavy atom. The van der Waals surface area contributed by atoms with Crippen molar-refractivity contribution in [2.45, 2.75) is 27.7 Å². The van der Waals surface area contributed by atoms with Gasteiger partial charge in [0.2, 0.25) is 5.43 Å². The normalized spacial score (nSPS) is 11.0. The molecular weight excluding hydrogens is 322 g/mol. The van der Waals surface area contributed by atoms with Crippen molar-refractivity contribution in [2.75, 3.05) is 5.32 Å². The van der Waals surface area contributed by atoms with E-state index in [1.54, 1.807) is 6.07 Å². The van der Waals surface area contributed by atoms with Crippen LogP contribution in [0.3, 0.4) is 0 Å². The number of benzene rings is 2. The monoisotopic (exact) mass is 339 g/mol. The lowest BCUT2D eigenvalue weighted by Gasteiger charge is -2.17. The van der Waals surface area contributed by atoms with Crippen molar-refractivity contribution in [1.82, 2.24) is 0 Å². The zero-order valence-corrected chi connectivity index (χ0v) is 14.8. The summed E-state index contributed by atoms with van der Waals surface area (Å²) in [5.41, 5.74) is 5.56. The molecule has 1 N–H and O–H groups in total. The first-order valence-corrected chi connectivity index (χ1v) is 8.12. The Bertz CT molecular complexity index is 1030. The summed E-state index contributed by atoms with van der Waals surface area (Å²) in [6.45, 7) is 7.89. The first-order valence-electron chi connectivity index (χ1n) is 7.74. The number of halogens is 1. The molecule has 0 aliphatic rings. The predicted molar refractivity (Wildman–Crippen MR) is 100 cm³/mol. The van der Waals surface area contributed by atoms with E-state index in [9.17, 15) is 9.59 Å². The van der Waals surface area contributed by atoms with Crippen LogP contribution >= 0.6 is 11.6 Å². The lowest BCUT2D eigenvalue weighted by molar-refractivity contribution is 1.28. The fourth-order valence-electron chi connectivity index (χ4n) is 2.81. The third kappa shape index (κ3) is 2.65. The number of aryl methyl sites for hydroxylation is 4. The highest BCUT2D eigenvalue weighted by Crippen LogP contribution is 2.31. The molecule has 3 rings (SSSR count). The smallest absolute Gasteiger partial charge is 0.250 e. The first-order chi connectivity index (χ1) is 11.3. The summed E-state index contributed by atoms with van der Waals surface area (Å²) in [7, 11) is 0. The van der Waals surface area contributed by atoms with Crippen molar-refractivity contribution in [1.29, 1.82) is 0 Å². The quantitative estimate of drug-likeness (QED) is 0.710. The highest BCUT2D eigenvalue weighted by molar-refractivity contribution is 6.31. The van der Waals surface area contributed by atoms with Crippen molar-refractivity contribution in [3.05, 3.63) is 78.1 Å². The largest absolute Gasteiger partial charge is 0.352 e. The van der Waals surface area contributed by atoms with Crippen LogP contribution in [0, 0.1) is 27.7 Å². The summed E-state index contributed by atoms with van der Waals surface area (Å²) in [5.74, 6) is 0. The van der Waals surface area contributed by atoms with E-state index in [0.717, 1.165) is 27.8 Å². The summed E-state index contributed by atoms with van der Waals surface area (Å²) >= 11 is 6.13. The van der Waals surface area contributed by atoms with E-state index in [1.165, 1.54) is 0 Å². The maximum atomic E-state index is 12.2. The molecule has 0 saturated carbocycles. The summed E-state index contributed by atoms with van der Waals surface area (Å²) < 4.78 is 0. The zero-order valence-electron chi connectivity index (χ0n) is 14.1. The highest BCUT2D eigenvalue weighted by Gasteiger charge is 2.24. The van der Waals surface area contributed by atoms with E-state index in [4.69, 9.17) is 11.6 Å². The van der Waals surface area contributed by atoms with Crippen LogP contribution in [0.15, 0.2) is 39.9 Å². The summed E-state index contributed by atoms with van der Waals surface area (Å²) in [5, 5.41) is 3.67. The molecule has 0 aliphatic carbocycles. The molecule has 0 bridgehead atoms. The van der Waals surface area contributed by atoms with Crippen molar-refractivity contribution in [3.8, 4) is 11.1 Å². The minimum atomic E-state index is -0.487. The Hall–Kier alpha value is -2.39. The molecule has 0 aliphatic heterocycles. The Balaban J connectivity index is 2.08. The van der Waals surface area contributed by atoms with Crippen molar-refractivity contribution < 1.29 is 0 Å². The van der Waals surface area contributed by atoms with Crippen LogP contribution in [-0.2, 0) is 0 Å². The molecule has 0 saturated heterocycles. The lowest BCUT2D eigenvalue weighted by Crippen LogP contribution is -2.35. The van der Waals surface area contributed by atoms with Crippen LogP contribution in [0.25, 0.3) is 11.1 Å². The average molecular weight is 340 g/mol. The molecule has 3 nitrogen and oxygen atoms in total. The van der Waals surface area contributed by atoms with E-state index < -0.39 is 10.9 Å².